The molecule has 0 aromatic heterocycles. The van der Waals surface area contributed by atoms with E-state index in [0.29, 0.717) is 17.8 Å². The summed E-state index contributed by atoms with van der Waals surface area (Å²) in [7, 11) is 1.55. The van der Waals surface area contributed by atoms with Gasteiger partial charge in [0.05, 0.1) is 24.9 Å². The molecule has 0 bridgehead atoms. The van der Waals surface area contributed by atoms with E-state index in [1.807, 2.05) is 47.6 Å². The van der Waals surface area contributed by atoms with Crippen molar-refractivity contribution in [3.05, 3.63) is 34.5 Å². The first kappa shape index (κ1) is 21.0. The normalized spacial score (nSPS) is 15.6. The Hall–Kier alpha value is -2.04. The molecular formula is C20H30O5. The molecule has 1 rings (SSSR count). The molecule has 5 nitrogen and oxygen atoms in total. The first-order valence-corrected chi connectivity index (χ1v) is 8.92. The fourth-order valence-corrected chi connectivity index (χ4v) is 2.63. The van der Waals surface area contributed by atoms with Gasteiger partial charge in [-0.05, 0) is 46.6 Å². The molecule has 0 aromatic rings. The average Bonchev–Trinajstić information content (AvgIpc) is 2.74. The number of hydrogen-bond donors (Lipinski definition) is 0. The van der Waals surface area contributed by atoms with Crippen LogP contribution in [-0.4, -0.2) is 30.9 Å². The number of Topliss-reactive ketones (excluding diaryl/α,β-unsaturated/α-hetero) is 2. The molecule has 0 aromatic carbocycles. The molecule has 0 atom stereocenters. The van der Waals surface area contributed by atoms with Gasteiger partial charge in [-0.3, -0.25) is 9.59 Å². The molecule has 1 aliphatic carbocycles. The van der Waals surface area contributed by atoms with Gasteiger partial charge in [-0.2, -0.15) is 0 Å². The molecule has 0 saturated carbocycles. The lowest BCUT2D eigenvalue weighted by Gasteiger charge is -2.13. The summed E-state index contributed by atoms with van der Waals surface area (Å²) in [5, 5.41) is 0. The Morgan fingerprint density at radius 1 is 0.960 bits per heavy atom. The van der Waals surface area contributed by atoms with E-state index in [2.05, 4.69) is 0 Å². The predicted octanol–water partition coefficient (Wildman–Crippen LogP) is 4.24. The summed E-state index contributed by atoms with van der Waals surface area (Å²) < 4.78 is 16.7. The fourth-order valence-electron chi connectivity index (χ4n) is 2.63. The summed E-state index contributed by atoms with van der Waals surface area (Å²) in [6.45, 7) is 11.2. The third-order valence-electron chi connectivity index (χ3n) is 3.49. The Bertz CT molecular complexity index is 572. The fraction of sp³-hybridized carbons (Fsp3) is 0.600. The van der Waals surface area contributed by atoms with Crippen LogP contribution in [0.4, 0.5) is 0 Å². The van der Waals surface area contributed by atoms with E-state index in [9.17, 15) is 9.59 Å². The van der Waals surface area contributed by atoms with Crippen LogP contribution in [-0.2, 0) is 23.8 Å². The maximum Gasteiger partial charge on any atom is 0.236 e. The lowest BCUT2D eigenvalue weighted by atomic mass is 9.97. The molecule has 1 aliphatic rings. The second-order valence-corrected chi connectivity index (χ2v) is 6.43. The van der Waals surface area contributed by atoms with Crippen LogP contribution in [0.25, 0.3) is 0 Å². The molecule has 0 aliphatic heterocycles. The molecule has 5 heteroatoms. The van der Waals surface area contributed by atoms with Crippen molar-refractivity contribution < 1.29 is 23.8 Å². The van der Waals surface area contributed by atoms with Gasteiger partial charge in [0.15, 0.2) is 0 Å². The Kier molecular flexibility index (Phi) is 7.94. The summed E-state index contributed by atoms with van der Waals surface area (Å²) in [6.07, 6.45) is 3.49. The Balaban J connectivity index is 3.53. The minimum Gasteiger partial charge on any atom is -0.497 e. The van der Waals surface area contributed by atoms with Gasteiger partial charge in [-0.25, -0.2) is 0 Å². The van der Waals surface area contributed by atoms with E-state index in [0.717, 1.165) is 12.8 Å². The largest absolute Gasteiger partial charge is 0.497 e. The molecule has 140 valence electrons. The smallest absolute Gasteiger partial charge is 0.236 e. The second-order valence-electron chi connectivity index (χ2n) is 6.43. The number of hydrogen-bond acceptors (Lipinski definition) is 5. The quantitative estimate of drug-likeness (QED) is 0.354. The molecule has 0 saturated heterocycles. The molecule has 0 heterocycles. The van der Waals surface area contributed by atoms with E-state index in [1.165, 1.54) is 0 Å². The molecule has 0 unspecified atom stereocenters. The van der Waals surface area contributed by atoms with Crippen molar-refractivity contribution >= 4 is 11.6 Å². The topological polar surface area (TPSA) is 61.8 Å². The first-order chi connectivity index (χ1) is 11.8. The maximum absolute atomic E-state index is 13.0. The zero-order chi connectivity index (χ0) is 19.1. The van der Waals surface area contributed by atoms with Crippen LogP contribution in [0, 0.1) is 0 Å². The molecule has 0 spiro atoms. The van der Waals surface area contributed by atoms with Crippen molar-refractivity contribution in [2.45, 2.75) is 73.0 Å². The van der Waals surface area contributed by atoms with Gasteiger partial charge in [-0.1, -0.05) is 20.3 Å². The van der Waals surface area contributed by atoms with Crippen molar-refractivity contribution in [2.24, 2.45) is 0 Å². The molecule has 0 radical (unpaired) electrons. The number of carbonyl (C=O) groups is 2. The summed E-state index contributed by atoms with van der Waals surface area (Å²) in [4.78, 5) is 25.9. The van der Waals surface area contributed by atoms with Crippen molar-refractivity contribution in [3.63, 3.8) is 0 Å². The van der Waals surface area contributed by atoms with Crippen LogP contribution in [0.3, 0.4) is 0 Å². The predicted molar refractivity (Wildman–Crippen MR) is 96.8 cm³/mol. The van der Waals surface area contributed by atoms with Crippen LogP contribution in [0.1, 0.15) is 60.8 Å². The SMILES string of the molecule is CC/C=C(\OC)C(CCC)=C1C(=O)C(OC(C)C)=C(OC(C)C)C1=O. The second kappa shape index (κ2) is 9.44. The Morgan fingerprint density at radius 3 is 1.76 bits per heavy atom. The summed E-state index contributed by atoms with van der Waals surface area (Å²) in [5.41, 5.74) is 0.726. The highest BCUT2D eigenvalue weighted by molar-refractivity contribution is 6.37. The minimum absolute atomic E-state index is 0.00394. The minimum atomic E-state index is -0.420. The zero-order valence-corrected chi connectivity index (χ0v) is 16.4. The molecule has 0 fully saturated rings. The van der Waals surface area contributed by atoms with E-state index in [1.54, 1.807) is 7.11 Å². The summed E-state index contributed by atoms with van der Waals surface area (Å²) >= 11 is 0. The number of rotatable bonds is 9. The van der Waals surface area contributed by atoms with Gasteiger partial charge >= 0.3 is 0 Å². The third kappa shape index (κ3) is 4.97. The number of ketones is 2. The van der Waals surface area contributed by atoms with Crippen LogP contribution in [0.15, 0.2) is 34.5 Å². The Labute approximate surface area is 150 Å². The van der Waals surface area contributed by atoms with Gasteiger partial charge in [0, 0.05) is 5.57 Å². The van der Waals surface area contributed by atoms with Crippen LogP contribution in [0.2, 0.25) is 0 Å². The van der Waals surface area contributed by atoms with Gasteiger partial charge in [0.2, 0.25) is 23.1 Å². The molecule has 0 amide bonds. The highest BCUT2D eigenvalue weighted by Gasteiger charge is 2.42. The van der Waals surface area contributed by atoms with E-state index in [-0.39, 0.29) is 29.3 Å². The third-order valence-corrected chi connectivity index (χ3v) is 3.49. The molecule has 0 N–H and O–H groups in total. The van der Waals surface area contributed by atoms with Gasteiger partial charge < -0.3 is 14.2 Å². The highest BCUT2D eigenvalue weighted by Crippen LogP contribution is 2.34. The number of carbonyl (C=O) groups excluding carboxylic acids is 2. The van der Waals surface area contributed by atoms with E-state index >= 15 is 0 Å². The van der Waals surface area contributed by atoms with Crippen LogP contribution in [0.5, 0.6) is 0 Å². The molecule has 25 heavy (non-hydrogen) atoms. The summed E-state index contributed by atoms with van der Waals surface area (Å²) in [5.74, 6) is -0.266. The lowest BCUT2D eigenvalue weighted by Crippen LogP contribution is -2.13. The average molecular weight is 350 g/mol. The summed E-state index contributed by atoms with van der Waals surface area (Å²) in [6, 6.07) is 0. The van der Waals surface area contributed by atoms with Gasteiger partial charge in [-0.15, -0.1) is 0 Å². The zero-order valence-electron chi connectivity index (χ0n) is 16.4. The van der Waals surface area contributed by atoms with E-state index < -0.39 is 11.6 Å². The van der Waals surface area contributed by atoms with Crippen molar-refractivity contribution in [1.29, 1.82) is 0 Å². The lowest BCUT2D eigenvalue weighted by molar-refractivity contribution is -0.118. The van der Waals surface area contributed by atoms with Crippen molar-refractivity contribution in [3.8, 4) is 0 Å². The number of allylic oxidation sites excluding steroid dienone is 4. The van der Waals surface area contributed by atoms with Crippen LogP contribution < -0.4 is 0 Å². The monoisotopic (exact) mass is 350 g/mol. The van der Waals surface area contributed by atoms with Crippen LogP contribution >= 0.6 is 0 Å². The van der Waals surface area contributed by atoms with Gasteiger partial charge in [0.1, 0.15) is 5.76 Å². The van der Waals surface area contributed by atoms with Crippen molar-refractivity contribution in [1.82, 2.24) is 0 Å². The standard InChI is InChI=1S/C20H30O5/c1-8-10-14(15(23-7)11-9-2)16-17(21)19(24-12(3)4)20(18(16)22)25-13(5)6/h11-13H,8-10H2,1-7H3/b15-11-. The number of ether oxygens (including phenoxy) is 3. The highest BCUT2D eigenvalue weighted by atomic mass is 16.5. The van der Waals surface area contributed by atoms with E-state index in [4.69, 9.17) is 14.2 Å². The first-order valence-electron chi connectivity index (χ1n) is 8.92. The van der Waals surface area contributed by atoms with Crippen molar-refractivity contribution in [2.75, 3.05) is 7.11 Å². The maximum atomic E-state index is 13.0. The van der Waals surface area contributed by atoms with Gasteiger partial charge in [0.25, 0.3) is 0 Å². The Morgan fingerprint density at radius 2 is 1.44 bits per heavy atom. The molecular weight excluding hydrogens is 320 g/mol. The number of methoxy groups -OCH3 is 1.